The fraction of sp³-hybridized carbons (Fsp3) is 0.737. The molecule has 2 aliphatic heterocycles. The molecule has 340 valence electrons. The third-order valence-corrected chi connectivity index (χ3v) is 20.8. The SMILES string of the molecule is Cc1nc2c(ncn2[C@@H]2O[C@H](CN=[N+]=[N-])C(N)[C@@H]2O[Si](C)(C)C(C)(C)C)c(=O)[nH]1.[3H]CCCl.[3H]CCNC1[C@@H](CN)O[C@@H](n2cnc3c(=O)[nH]c(C)nc32)[C@H]1O[Si](C)(C)C(C)(C)C. The van der Waals surface area contributed by atoms with Gasteiger partial charge in [0.05, 0.1) is 43.5 Å². The molecule has 61 heavy (non-hydrogen) atoms. The van der Waals surface area contributed by atoms with Gasteiger partial charge in [0.25, 0.3) is 11.1 Å². The van der Waals surface area contributed by atoms with Gasteiger partial charge in [-0.15, -0.1) is 11.6 Å². The minimum atomic E-state index is -2.20. The summed E-state index contributed by atoms with van der Waals surface area (Å²) < 4.78 is 43.3. The second-order valence-electron chi connectivity index (χ2n) is 18.2. The van der Waals surface area contributed by atoms with Crippen LogP contribution in [0.25, 0.3) is 32.8 Å². The van der Waals surface area contributed by atoms with Crippen molar-refractivity contribution in [3.8, 4) is 0 Å². The van der Waals surface area contributed by atoms with E-state index >= 15 is 0 Å². The molecule has 0 amide bonds. The molecule has 8 atom stereocenters. The molecule has 2 fully saturated rings. The number of nitrogens with zero attached hydrogens (tertiary/aromatic N) is 9. The summed E-state index contributed by atoms with van der Waals surface area (Å²) >= 11 is 5.00. The van der Waals surface area contributed by atoms with Crippen LogP contribution in [0.2, 0.25) is 36.3 Å². The van der Waals surface area contributed by atoms with Gasteiger partial charge in [0.2, 0.25) is 0 Å². The maximum Gasteiger partial charge on any atom is 0.279 e. The molecule has 2 saturated heterocycles. The third-order valence-electron chi connectivity index (χ3n) is 11.8. The first kappa shape index (κ1) is 46.9. The van der Waals surface area contributed by atoms with E-state index in [1.165, 1.54) is 6.33 Å². The van der Waals surface area contributed by atoms with Crippen LogP contribution in [0.1, 0.15) is 82.2 Å². The molecule has 2 aliphatic rings. The number of hydrogen-bond acceptors (Lipinski definition) is 14. The Morgan fingerprint density at radius 3 is 1.79 bits per heavy atom. The summed E-state index contributed by atoms with van der Waals surface area (Å²) in [6.45, 7) is 26.6. The van der Waals surface area contributed by atoms with Gasteiger partial charge < -0.3 is 45.1 Å². The first-order chi connectivity index (χ1) is 29.4. The minimum Gasteiger partial charge on any atom is -0.408 e. The van der Waals surface area contributed by atoms with Crippen LogP contribution >= 0.6 is 11.6 Å². The van der Waals surface area contributed by atoms with Crippen molar-refractivity contribution in [2.45, 2.75) is 154 Å². The molecule has 6 heterocycles. The number of ether oxygens (including phenoxy) is 2. The Hall–Kier alpha value is -3.55. The zero-order valence-corrected chi connectivity index (χ0v) is 40.3. The van der Waals surface area contributed by atoms with Crippen molar-refractivity contribution >= 4 is 50.6 Å². The number of rotatable bonds is 11. The second-order valence-corrected chi connectivity index (χ2v) is 28.1. The van der Waals surface area contributed by atoms with Crippen molar-refractivity contribution in [1.29, 1.82) is 0 Å². The number of halogens is 1. The molecule has 0 saturated carbocycles. The van der Waals surface area contributed by atoms with Crippen molar-refractivity contribution in [2.24, 2.45) is 16.6 Å². The molecule has 6 rings (SSSR count). The van der Waals surface area contributed by atoms with Gasteiger partial charge >= 0.3 is 0 Å². The third kappa shape index (κ3) is 11.0. The van der Waals surface area contributed by atoms with E-state index in [-0.39, 0.29) is 63.9 Å². The lowest BCUT2D eigenvalue weighted by molar-refractivity contribution is -0.0286. The first-order valence-electron chi connectivity index (χ1n) is 21.7. The van der Waals surface area contributed by atoms with Gasteiger partial charge in [-0.2, -0.15) is 0 Å². The molecular formula is C38H67ClN14O6Si2. The van der Waals surface area contributed by atoms with E-state index in [1.54, 1.807) is 29.3 Å². The average Bonchev–Trinajstić information content (AvgIpc) is 3.96. The Morgan fingerprint density at radius 2 is 1.36 bits per heavy atom. The predicted molar refractivity (Wildman–Crippen MR) is 243 cm³/mol. The van der Waals surface area contributed by atoms with E-state index in [1.807, 2.05) is 0 Å². The van der Waals surface area contributed by atoms with Crippen molar-refractivity contribution in [3.63, 3.8) is 0 Å². The zero-order valence-electron chi connectivity index (χ0n) is 39.5. The molecule has 23 heteroatoms. The Kier molecular flexibility index (Phi) is 15.3. The van der Waals surface area contributed by atoms with Crippen LogP contribution in [0.4, 0.5) is 0 Å². The molecule has 0 aromatic carbocycles. The lowest BCUT2D eigenvalue weighted by atomic mass is 10.1. The van der Waals surface area contributed by atoms with Crippen LogP contribution in [-0.4, -0.2) is 118 Å². The molecule has 0 radical (unpaired) electrons. The Balaban J connectivity index is 0.000000255. The lowest BCUT2D eigenvalue weighted by Gasteiger charge is -2.41. The maximum atomic E-state index is 12.3. The summed E-state index contributed by atoms with van der Waals surface area (Å²) in [7, 11) is -4.37. The highest BCUT2D eigenvalue weighted by molar-refractivity contribution is 6.74. The smallest absolute Gasteiger partial charge is 0.279 e. The molecule has 2 unspecified atom stereocenters. The van der Waals surface area contributed by atoms with Crippen LogP contribution in [0.15, 0.2) is 27.4 Å². The summed E-state index contributed by atoms with van der Waals surface area (Å²) in [5.41, 5.74) is 22.0. The highest BCUT2D eigenvalue weighted by atomic mass is 35.5. The number of hydrogen-bond donors (Lipinski definition) is 5. The fourth-order valence-electron chi connectivity index (χ4n) is 6.57. The van der Waals surface area contributed by atoms with E-state index in [9.17, 15) is 9.59 Å². The summed E-state index contributed by atoms with van der Waals surface area (Å²) in [6.07, 6.45) is 0.244. The van der Waals surface area contributed by atoms with Crippen LogP contribution in [0, 0.1) is 13.8 Å². The number of aromatic amines is 2. The van der Waals surface area contributed by atoms with Crippen molar-refractivity contribution in [1.82, 2.24) is 44.4 Å². The van der Waals surface area contributed by atoms with Crippen LogP contribution in [0.3, 0.4) is 0 Å². The van der Waals surface area contributed by atoms with Crippen molar-refractivity contribution in [2.75, 3.05) is 25.5 Å². The Morgan fingerprint density at radius 1 is 0.902 bits per heavy atom. The number of nitrogens with one attached hydrogen (secondary N) is 3. The van der Waals surface area contributed by atoms with Crippen molar-refractivity contribution < 1.29 is 21.1 Å². The van der Waals surface area contributed by atoms with Gasteiger partial charge in [-0.25, -0.2) is 19.9 Å². The monoisotopic (exact) mass is 910 g/mol. The van der Waals surface area contributed by atoms with E-state index in [4.69, 9.17) is 49.7 Å². The number of alkyl halides is 1. The molecule has 20 nitrogen and oxygen atoms in total. The van der Waals surface area contributed by atoms with E-state index < -0.39 is 47.3 Å². The number of nitrogens with two attached hydrogens (primary N) is 2. The normalized spacial score (nSPS) is 25.0. The minimum absolute atomic E-state index is 0.00131. The van der Waals surface area contributed by atoms with E-state index in [2.05, 4.69) is 113 Å². The molecule has 0 aliphatic carbocycles. The Bertz CT molecular complexity index is 2310. The largest absolute Gasteiger partial charge is 0.408 e. The number of imidazole rings is 2. The van der Waals surface area contributed by atoms with Gasteiger partial charge in [-0.3, -0.25) is 18.7 Å². The number of likely N-dealkylation sites (N-methyl/N-ethyl adjacent to an activating group) is 1. The quantitative estimate of drug-likeness (QED) is 0.0423. The van der Waals surface area contributed by atoms with Crippen LogP contribution in [0.5, 0.6) is 0 Å². The number of azide groups is 1. The predicted octanol–water partition coefficient (Wildman–Crippen LogP) is 5.25. The van der Waals surface area contributed by atoms with Crippen molar-refractivity contribution in [3.05, 3.63) is 55.5 Å². The highest BCUT2D eigenvalue weighted by Crippen LogP contribution is 2.43. The van der Waals surface area contributed by atoms with Gasteiger partial charge in [0.1, 0.15) is 23.9 Å². The summed E-state index contributed by atoms with van der Waals surface area (Å²) in [5, 5.41) is 6.99. The fourth-order valence-corrected chi connectivity index (χ4v) is 9.18. The topological polar surface area (TPSA) is 277 Å². The number of aryl methyl sites for hydroxylation is 2. The molecular weight excluding hydrogens is 840 g/mol. The van der Waals surface area contributed by atoms with Gasteiger partial charge in [0.15, 0.2) is 51.4 Å². The van der Waals surface area contributed by atoms with Gasteiger partial charge in [-0.1, -0.05) is 60.5 Å². The molecule has 4 aromatic heterocycles. The number of aromatic nitrogens is 8. The summed E-state index contributed by atoms with van der Waals surface area (Å²) in [6, 6.07) is -0.694. The van der Waals surface area contributed by atoms with E-state index in [0.717, 1.165) is 0 Å². The molecule has 4 aromatic rings. The number of H-pyrrole nitrogens is 2. The molecule has 0 bridgehead atoms. The molecule has 7 N–H and O–H groups in total. The van der Waals surface area contributed by atoms with Gasteiger partial charge in [0, 0.05) is 20.1 Å². The Labute approximate surface area is 366 Å². The zero-order chi connectivity index (χ0) is 47.2. The highest BCUT2D eigenvalue weighted by Gasteiger charge is 2.52. The maximum absolute atomic E-state index is 12.3. The number of fused-ring (bicyclic) bond motifs is 2. The van der Waals surface area contributed by atoms with Crippen LogP contribution < -0.4 is 27.9 Å². The average molecular weight is 912 g/mol. The second kappa shape index (κ2) is 19.9. The lowest BCUT2D eigenvalue weighted by Crippen LogP contribution is -2.53. The summed E-state index contributed by atoms with van der Waals surface area (Å²) in [5.74, 6) is 1.44. The van der Waals surface area contributed by atoms with E-state index in [0.29, 0.717) is 48.8 Å². The standard InChI is InChI=1S/C19H34N6O3Si.C17H28N8O3Si.C2H5Cl/c1-8-21-13-12(9-20)27-18(15(13)28-29(6,7)19(3,4)5)25-10-22-14-16(25)23-11(2)24-17(14)26;1-9-22-14-12(15(26)23-9)20-8-25(14)16-13(28-29(5,6)17(2,3)4)11(18)10(27-16)7-21-24-19;1-2-3/h10,12-13,15,18,21H,8-9,20H2,1-7H3,(H,23,24,26);8,10-11,13,16H,7,18H2,1-6H3,(H,22,23,26);2H2,1H3/t12-,13?,15+,18-;10-,11?,13+,16-;/m11./s1/i1T;;1T. The molecule has 0 spiro atoms. The van der Waals surface area contributed by atoms with Gasteiger partial charge in [-0.05, 0) is 62.2 Å². The first-order valence-corrected chi connectivity index (χ1v) is 26.6. The summed E-state index contributed by atoms with van der Waals surface area (Å²) in [4.78, 5) is 50.1. The van der Waals surface area contributed by atoms with Crippen LogP contribution in [-0.2, 0) is 18.3 Å².